The molecule has 0 bridgehead atoms. The summed E-state index contributed by atoms with van der Waals surface area (Å²) >= 11 is 0. The first kappa shape index (κ1) is 21.7. The van der Waals surface area contributed by atoms with Crippen molar-refractivity contribution in [1.82, 2.24) is 14.3 Å². The molecule has 0 atom stereocenters. The number of ether oxygens (including phenoxy) is 1. The number of anilines is 2. The van der Waals surface area contributed by atoms with E-state index in [4.69, 9.17) is 9.72 Å². The van der Waals surface area contributed by atoms with Gasteiger partial charge in [-0.25, -0.2) is 17.7 Å². The van der Waals surface area contributed by atoms with Crippen molar-refractivity contribution in [3.8, 4) is 0 Å². The Hall–Kier alpha value is -1.78. The molecule has 2 aliphatic carbocycles. The monoisotopic (exact) mass is 475 g/mol. The van der Waals surface area contributed by atoms with Crippen molar-refractivity contribution in [2.45, 2.75) is 87.0 Å². The van der Waals surface area contributed by atoms with Gasteiger partial charge in [-0.1, -0.05) is 12.8 Å². The van der Waals surface area contributed by atoms with Crippen LogP contribution < -0.4 is 10.2 Å². The summed E-state index contributed by atoms with van der Waals surface area (Å²) in [4.78, 5) is 24.6. The van der Waals surface area contributed by atoms with Crippen LogP contribution >= 0.6 is 0 Å². The van der Waals surface area contributed by atoms with E-state index < -0.39 is 10.0 Å². The second kappa shape index (κ2) is 8.16. The highest BCUT2D eigenvalue weighted by Gasteiger charge is 2.61. The molecule has 2 saturated heterocycles. The maximum Gasteiger partial charge on any atom is 0.239 e. The van der Waals surface area contributed by atoms with Gasteiger partial charge >= 0.3 is 0 Å². The van der Waals surface area contributed by atoms with Gasteiger partial charge in [0.25, 0.3) is 0 Å². The van der Waals surface area contributed by atoms with Crippen LogP contribution in [0.3, 0.4) is 0 Å². The molecule has 33 heavy (non-hydrogen) atoms. The molecule has 3 aliphatic heterocycles. The highest BCUT2D eigenvalue weighted by Crippen LogP contribution is 2.57. The molecular weight excluding hydrogens is 442 g/mol. The molecular formula is C23H33N5O4S. The number of nitrogens with one attached hydrogen (secondary N) is 1. The van der Waals surface area contributed by atoms with Crippen LogP contribution in [0.15, 0.2) is 6.20 Å². The van der Waals surface area contributed by atoms with Gasteiger partial charge in [0, 0.05) is 50.1 Å². The molecule has 1 N–H and O–H groups in total. The number of sulfonamides is 1. The summed E-state index contributed by atoms with van der Waals surface area (Å²) in [6.45, 7) is 2.08. The van der Waals surface area contributed by atoms with E-state index in [-0.39, 0.29) is 28.7 Å². The molecule has 1 spiro atoms. The molecule has 1 aromatic rings. The molecule has 4 fully saturated rings. The minimum Gasteiger partial charge on any atom is -0.381 e. The summed E-state index contributed by atoms with van der Waals surface area (Å²) in [5.74, 6) is 1.58. The number of carbonyl (C=O) groups is 1. The lowest BCUT2D eigenvalue weighted by atomic mass is 10.0. The molecule has 6 rings (SSSR count). The Morgan fingerprint density at radius 3 is 2.39 bits per heavy atom. The van der Waals surface area contributed by atoms with Crippen LogP contribution in [0.25, 0.3) is 0 Å². The smallest absolute Gasteiger partial charge is 0.239 e. The third-order valence-electron chi connectivity index (χ3n) is 8.32. The summed E-state index contributed by atoms with van der Waals surface area (Å²) in [6.07, 6.45) is 10.7. The number of hydrogen-bond acceptors (Lipinski definition) is 7. The Balaban J connectivity index is 1.14. The third kappa shape index (κ3) is 3.65. The number of amides is 1. The fraction of sp³-hybridized carbons (Fsp3) is 0.783. The number of fused-ring (bicyclic) bond motifs is 2. The first-order valence-corrected chi connectivity index (χ1v) is 14.0. The molecule has 4 heterocycles. The summed E-state index contributed by atoms with van der Waals surface area (Å²) in [5, 5.41) is 3.12. The lowest BCUT2D eigenvalue weighted by Gasteiger charge is -2.35. The van der Waals surface area contributed by atoms with E-state index in [0.29, 0.717) is 45.1 Å². The van der Waals surface area contributed by atoms with Crippen molar-refractivity contribution in [2.75, 3.05) is 36.5 Å². The Kier molecular flexibility index (Phi) is 5.38. The predicted molar refractivity (Wildman–Crippen MR) is 124 cm³/mol. The van der Waals surface area contributed by atoms with Crippen LogP contribution in [0.5, 0.6) is 0 Å². The number of rotatable bonds is 5. The lowest BCUT2D eigenvalue weighted by molar-refractivity contribution is -0.120. The highest BCUT2D eigenvalue weighted by atomic mass is 32.2. The number of aromatic nitrogens is 2. The average Bonchev–Trinajstić information content (AvgIpc) is 3.40. The molecule has 1 aromatic heterocycles. The van der Waals surface area contributed by atoms with Gasteiger partial charge in [-0.2, -0.15) is 4.98 Å². The lowest BCUT2D eigenvalue weighted by Crippen LogP contribution is -2.47. The molecule has 1 amide bonds. The van der Waals surface area contributed by atoms with Crippen molar-refractivity contribution in [2.24, 2.45) is 0 Å². The van der Waals surface area contributed by atoms with Crippen molar-refractivity contribution >= 4 is 27.7 Å². The summed E-state index contributed by atoms with van der Waals surface area (Å²) in [6, 6.07) is 0.383. The quantitative estimate of drug-likeness (QED) is 0.696. The number of nitrogens with zero attached hydrogens (tertiary/aromatic N) is 4. The first-order valence-electron chi connectivity index (χ1n) is 12.5. The molecule has 180 valence electrons. The Morgan fingerprint density at radius 2 is 1.73 bits per heavy atom. The number of piperidine rings is 1. The molecule has 9 nitrogen and oxygen atoms in total. The fourth-order valence-electron chi connectivity index (χ4n) is 6.14. The van der Waals surface area contributed by atoms with E-state index in [9.17, 15) is 13.2 Å². The topological polar surface area (TPSA) is 105 Å². The highest BCUT2D eigenvalue weighted by molar-refractivity contribution is 7.89. The van der Waals surface area contributed by atoms with Crippen LogP contribution in [0.2, 0.25) is 0 Å². The zero-order valence-corrected chi connectivity index (χ0v) is 19.9. The van der Waals surface area contributed by atoms with Crippen molar-refractivity contribution in [3.05, 3.63) is 11.8 Å². The van der Waals surface area contributed by atoms with E-state index in [2.05, 4.69) is 10.3 Å². The van der Waals surface area contributed by atoms with Gasteiger partial charge in [0.1, 0.15) is 5.82 Å². The zero-order chi connectivity index (χ0) is 22.6. The number of carbonyl (C=O) groups excluding carboxylic acids is 1. The van der Waals surface area contributed by atoms with Crippen LogP contribution in [0.4, 0.5) is 11.8 Å². The number of hydrogen-bond donors (Lipinski definition) is 1. The van der Waals surface area contributed by atoms with E-state index in [0.717, 1.165) is 49.9 Å². The minimum absolute atomic E-state index is 0.121. The van der Waals surface area contributed by atoms with Gasteiger partial charge < -0.3 is 10.1 Å². The van der Waals surface area contributed by atoms with E-state index in [1.807, 2.05) is 11.1 Å². The summed E-state index contributed by atoms with van der Waals surface area (Å²) in [7, 11) is -3.27. The molecule has 0 aromatic carbocycles. The maximum atomic E-state index is 13.3. The molecule has 0 radical (unpaired) electrons. The van der Waals surface area contributed by atoms with Crippen LogP contribution in [0.1, 0.15) is 69.8 Å². The molecule has 0 unspecified atom stereocenters. The standard InChI is InChI=1S/C23H33N5O4S/c29-21-23(9-10-23)19-15-24-22(26-20(19)28(21)17-3-1-2-4-17)25-16-5-11-27(12-6-16)33(30,31)18-7-13-32-14-8-18/h15-18H,1-14H2,(H,24,25,26). The van der Waals surface area contributed by atoms with Gasteiger partial charge in [0.2, 0.25) is 21.9 Å². The molecule has 10 heteroatoms. The second-order valence-electron chi connectivity index (χ2n) is 10.3. The van der Waals surface area contributed by atoms with Crippen LogP contribution in [-0.4, -0.2) is 72.2 Å². The summed E-state index contributed by atoms with van der Waals surface area (Å²) < 4.78 is 32.9. The van der Waals surface area contributed by atoms with Gasteiger partial charge in [0.15, 0.2) is 0 Å². The van der Waals surface area contributed by atoms with Gasteiger partial charge in [-0.05, 0) is 51.4 Å². The molecule has 2 saturated carbocycles. The SMILES string of the molecule is O=C1N(C2CCCC2)c2nc(NC3CCN(S(=O)(=O)C4CCOCC4)CC3)ncc2C12CC2. The predicted octanol–water partition coefficient (Wildman–Crippen LogP) is 2.18. The Morgan fingerprint density at radius 1 is 1.03 bits per heavy atom. The first-order chi connectivity index (χ1) is 16.0. The average molecular weight is 476 g/mol. The van der Waals surface area contributed by atoms with E-state index in [1.54, 1.807) is 4.31 Å². The Labute approximate surface area is 195 Å². The van der Waals surface area contributed by atoms with E-state index in [1.165, 1.54) is 12.8 Å². The normalized spacial score (nSPS) is 26.8. The second-order valence-corrected chi connectivity index (χ2v) is 12.5. The van der Waals surface area contributed by atoms with Gasteiger partial charge in [0.05, 0.1) is 10.7 Å². The van der Waals surface area contributed by atoms with Gasteiger partial charge in [-0.3, -0.25) is 9.69 Å². The molecule has 5 aliphatic rings. The van der Waals surface area contributed by atoms with Crippen molar-refractivity contribution in [1.29, 1.82) is 0 Å². The van der Waals surface area contributed by atoms with Gasteiger partial charge in [-0.15, -0.1) is 0 Å². The zero-order valence-electron chi connectivity index (χ0n) is 19.0. The largest absolute Gasteiger partial charge is 0.381 e. The van der Waals surface area contributed by atoms with Crippen molar-refractivity contribution in [3.63, 3.8) is 0 Å². The maximum absolute atomic E-state index is 13.3. The Bertz CT molecular complexity index is 1020. The van der Waals surface area contributed by atoms with Crippen molar-refractivity contribution < 1.29 is 17.9 Å². The third-order valence-corrected chi connectivity index (χ3v) is 10.7. The van der Waals surface area contributed by atoms with Crippen LogP contribution in [0, 0.1) is 0 Å². The summed E-state index contributed by atoms with van der Waals surface area (Å²) in [5.41, 5.74) is 0.641. The van der Waals surface area contributed by atoms with Crippen LogP contribution in [-0.2, 0) is 25.0 Å². The minimum atomic E-state index is -3.27. The van der Waals surface area contributed by atoms with E-state index >= 15 is 0 Å². The fourth-order valence-corrected chi connectivity index (χ4v) is 8.07.